The van der Waals surface area contributed by atoms with Crippen molar-refractivity contribution in [3.8, 4) is 11.1 Å². The van der Waals surface area contributed by atoms with Crippen LogP contribution < -0.4 is 5.43 Å². The molecule has 1 aliphatic rings. The summed E-state index contributed by atoms with van der Waals surface area (Å²) in [5, 5.41) is 1.06. The Balaban J connectivity index is 1.41. The molecule has 6 heteroatoms. The molecule has 172 valence electrons. The van der Waals surface area contributed by atoms with Crippen LogP contribution in [0.5, 0.6) is 0 Å². The van der Waals surface area contributed by atoms with Gasteiger partial charge >= 0.3 is 0 Å². The van der Waals surface area contributed by atoms with E-state index in [1.165, 1.54) is 16.8 Å². The van der Waals surface area contributed by atoms with Gasteiger partial charge in [-0.1, -0.05) is 113 Å². The summed E-state index contributed by atoms with van der Waals surface area (Å²) in [6, 6.07) is 34.8. The maximum atomic E-state index is 13.4. The zero-order chi connectivity index (χ0) is 24.2. The Labute approximate surface area is 216 Å². The highest BCUT2D eigenvalue weighted by Gasteiger charge is 2.38. The fourth-order valence-corrected chi connectivity index (χ4v) is 5.46. The number of amides is 2. The monoisotopic (exact) mass is 540 g/mol. The standard InChI is InChI=1S/C29H21BrN2O2S/c30-25-13-7-8-20(18-25)19-26-28(34)32(29(35-26)24-11-5-2-6-12-24)31-27(33)23-16-14-22(15-17-23)21-9-3-1-4-10-21/h1-19,29H,(H,31,33)/b26-19+. The van der Waals surface area contributed by atoms with Crippen LogP contribution in [0.4, 0.5) is 0 Å². The molecule has 35 heavy (non-hydrogen) atoms. The van der Waals surface area contributed by atoms with E-state index < -0.39 is 0 Å². The van der Waals surface area contributed by atoms with Gasteiger partial charge in [0.15, 0.2) is 0 Å². The van der Waals surface area contributed by atoms with Crippen molar-refractivity contribution in [2.45, 2.75) is 5.37 Å². The van der Waals surface area contributed by atoms with Crippen LogP contribution in [0.15, 0.2) is 119 Å². The first-order valence-corrected chi connectivity index (χ1v) is 12.7. The van der Waals surface area contributed by atoms with Crippen LogP contribution >= 0.6 is 27.7 Å². The van der Waals surface area contributed by atoms with Gasteiger partial charge in [0.1, 0.15) is 5.37 Å². The summed E-state index contributed by atoms with van der Waals surface area (Å²) in [5.41, 5.74) is 7.29. The van der Waals surface area contributed by atoms with Crippen molar-refractivity contribution in [1.82, 2.24) is 10.4 Å². The second kappa shape index (κ2) is 10.3. The Morgan fingerprint density at radius 2 is 1.49 bits per heavy atom. The summed E-state index contributed by atoms with van der Waals surface area (Å²) in [5.74, 6) is -0.568. The molecule has 1 unspecified atom stereocenters. The summed E-state index contributed by atoms with van der Waals surface area (Å²) < 4.78 is 0.936. The Kier molecular flexibility index (Phi) is 6.84. The average molecular weight is 541 g/mol. The number of carbonyl (C=O) groups excluding carboxylic acids is 2. The van der Waals surface area contributed by atoms with Gasteiger partial charge in [-0.15, -0.1) is 0 Å². The van der Waals surface area contributed by atoms with Crippen LogP contribution in [-0.2, 0) is 4.79 Å². The smallest absolute Gasteiger partial charge is 0.267 e. The molecule has 0 spiro atoms. The fraction of sp³-hybridized carbons (Fsp3) is 0.0345. The zero-order valence-electron chi connectivity index (χ0n) is 18.6. The number of benzene rings is 4. The van der Waals surface area contributed by atoms with Gasteiger partial charge in [0, 0.05) is 10.0 Å². The van der Waals surface area contributed by atoms with Gasteiger partial charge in [-0.3, -0.25) is 15.0 Å². The van der Waals surface area contributed by atoms with Gasteiger partial charge in [-0.25, -0.2) is 5.01 Å². The van der Waals surface area contributed by atoms with E-state index in [0.29, 0.717) is 10.5 Å². The molecule has 0 aromatic heterocycles. The lowest BCUT2D eigenvalue weighted by Crippen LogP contribution is -2.44. The Hall–Kier alpha value is -3.61. The predicted molar refractivity (Wildman–Crippen MR) is 145 cm³/mol. The number of hydrogen-bond acceptors (Lipinski definition) is 3. The van der Waals surface area contributed by atoms with Crippen molar-refractivity contribution in [3.05, 3.63) is 135 Å². The summed E-state index contributed by atoms with van der Waals surface area (Å²) in [6.07, 6.45) is 1.86. The molecule has 4 aromatic rings. The third-order valence-corrected chi connectivity index (χ3v) is 7.36. The molecule has 0 aliphatic carbocycles. The van der Waals surface area contributed by atoms with E-state index in [0.717, 1.165) is 26.7 Å². The minimum atomic E-state index is -0.366. The van der Waals surface area contributed by atoms with E-state index in [1.807, 2.05) is 103 Å². The number of nitrogens with one attached hydrogen (secondary N) is 1. The van der Waals surface area contributed by atoms with E-state index in [1.54, 1.807) is 12.1 Å². The van der Waals surface area contributed by atoms with E-state index in [4.69, 9.17) is 0 Å². The van der Waals surface area contributed by atoms with Gasteiger partial charge in [-0.2, -0.15) is 0 Å². The average Bonchev–Trinajstić information content (AvgIpc) is 3.20. The van der Waals surface area contributed by atoms with Crippen molar-refractivity contribution in [1.29, 1.82) is 0 Å². The molecule has 1 heterocycles. The summed E-state index contributed by atoms with van der Waals surface area (Å²) in [4.78, 5) is 27.1. The Morgan fingerprint density at radius 3 is 2.17 bits per heavy atom. The molecular formula is C29H21BrN2O2S. The number of rotatable bonds is 5. The number of halogens is 1. The van der Waals surface area contributed by atoms with E-state index in [9.17, 15) is 9.59 Å². The van der Waals surface area contributed by atoms with Crippen molar-refractivity contribution in [2.24, 2.45) is 0 Å². The lowest BCUT2D eigenvalue weighted by Gasteiger charge is -2.24. The van der Waals surface area contributed by atoms with Gasteiger partial charge in [0.2, 0.25) is 0 Å². The highest BCUT2D eigenvalue weighted by Crippen LogP contribution is 2.45. The van der Waals surface area contributed by atoms with Crippen LogP contribution in [0.1, 0.15) is 26.9 Å². The topological polar surface area (TPSA) is 49.4 Å². The van der Waals surface area contributed by atoms with Gasteiger partial charge in [-0.05, 0) is 52.6 Å². The van der Waals surface area contributed by atoms with Crippen LogP contribution in [-0.4, -0.2) is 16.8 Å². The maximum Gasteiger partial charge on any atom is 0.280 e. The predicted octanol–water partition coefficient (Wildman–Crippen LogP) is 7.08. The molecule has 0 saturated carbocycles. The van der Waals surface area contributed by atoms with Crippen molar-refractivity contribution >= 4 is 45.6 Å². The summed E-state index contributed by atoms with van der Waals surface area (Å²) >= 11 is 4.90. The van der Waals surface area contributed by atoms with Crippen LogP contribution in [0.25, 0.3) is 17.2 Å². The van der Waals surface area contributed by atoms with E-state index in [2.05, 4.69) is 21.4 Å². The van der Waals surface area contributed by atoms with Crippen LogP contribution in [0.3, 0.4) is 0 Å². The number of carbonyl (C=O) groups is 2. The van der Waals surface area contributed by atoms with Crippen molar-refractivity contribution in [3.63, 3.8) is 0 Å². The lowest BCUT2D eigenvalue weighted by molar-refractivity contribution is -0.128. The third kappa shape index (κ3) is 5.24. The maximum absolute atomic E-state index is 13.4. The molecule has 4 nitrogen and oxygen atoms in total. The molecule has 1 fully saturated rings. The van der Waals surface area contributed by atoms with Gasteiger partial charge < -0.3 is 0 Å². The molecule has 1 aliphatic heterocycles. The van der Waals surface area contributed by atoms with Crippen molar-refractivity contribution < 1.29 is 9.59 Å². The Morgan fingerprint density at radius 1 is 0.829 bits per heavy atom. The molecule has 2 amide bonds. The molecule has 1 N–H and O–H groups in total. The normalized spacial score (nSPS) is 16.5. The first kappa shape index (κ1) is 23.1. The summed E-state index contributed by atoms with van der Waals surface area (Å²) in [7, 11) is 0. The highest BCUT2D eigenvalue weighted by molar-refractivity contribution is 9.10. The minimum absolute atomic E-state index is 0.238. The molecular weight excluding hydrogens is 520 g/mol. The number of nitrogens with zero attached hydrogens (tertiary/aromatic N) is 1. The zero-order valence-corrected chi connectivity index (χ0v) is 21.0. The minimum Gasteiger partial charge on any atom is -0.267 e. The molecule has 4 aromatic carbocycles. The Bertz CT molecular complexity index is 1390. The summed E-state index contributed by atoms with van der Waals surface area (Å²) in [6.45, 7) is 0. The first-order chi connectivity index (χ1) is 17.1. The number of hydrogen-bond donors (Lipinski definition) is 1. The van der Waals surface area contributed by atoms with Gasteiger partial charge in [0.25, 0.3) is 11.8 Å². The van der Waals surface area contributed by atoms with Crippen LogP contribution in [0, 0.1) is 0 Å². The molecule has 0 radical (unpaired) electrons. The van der Waals surface area contributed by atoms with Gasteiger partial charge in [0.05, 0.1) is 4.91 Å². The second-order valence-electron chi connectivity index (χ2n) is 8.00. The molecule has 5 rings (SSSR count). The number of thioether (sulfide) groups is 1. The highest BCUT2D eigenvalue weighted by atomic mass is 79.9. The number of hydrazine groups is 1. The third-order valence-electron chi connectivity index (χ3n) is 5.61. The first-order valence-electron chi connectivity index (χ1n) is 11.1. The van der Waals surface area contributed by atoms with Crippen molar-refractivity contribution in [2.75, 3.05) is 0 Å². The molecule has 1 atom stereocenters. The quantitative estimate of drug-likeness (QED) is 0.275. The molecule has 0 bridgehead atoms. The molecule has 1 saturated heterocycles. The lowest BCUT2D eigenvalue weighted by atomic mass is 10.0. The van der Waals surface area contributed by atoms with E-state index >= 15 is 0 Å². The largest absolute Gasteiger partial charge is 0.280 e. The second-order valence-corrected chi connectivity index (χ2v) is 10.0. The fourth-order valence-electron chi connectivity index (χ4n) is 3.85. The van der Waals surface area contributed by atoms with Crippen LogP contribution in [0.2, 0.25) is 0 Å². The van der Waals surface area contributed by atoms with E-state index in [-0.39, 0.29) is 17.2 Å². The SMILES string of the molecule is O=C(NN1C(=O)/C(=C\c2cccc(Br)c2)SC1c1ccccc1)c1ccc(-c2ccccc2)cc1.